The van der Waals surface area contributed by atoms with Crippen molar-refractivity contribution in [1.82, 2.24) is 0 Å². The quantitative estimate of drug-likeness (QED) is 0.834. The minimum atomic E-state index is 0.155. The molecule has 4 heteroatoms. The average molecular weight is 262 g/mol. The summed E-state index contributed by atoms with van der Waals surface area (Å²) in [4.78, 5) is 15.6. The summed E-state index contributed by atoms with van der Waals surface area (Å²) in [7, 11) is 0. The van der Waals surface area contributed by atoms with Crippen molar-refractivity contribution in [3.8, 4) is 0 Å². The summed E-state index contributed by atoms with van der Waals surface area (Å²) in [5.41, 5.74) is 7.58. The van der Waals surface area contributed by atoms with Crippen LogP contribution in [0, 0.1) is 11.8 Å². The standard InChI is InChI=1S/C14H18N2OS/c1-9(10-2-3-10)14(17)16-6-7-18-13-5-4-11(15)8-12(13)16/h4-5,8-10H,2-3,6-7,15H2,1H3. The second-order valence-electron chi connectivity index (χ2n) is 5.19. The van der Waals surface area contributed by atoms with Crippen molar-refractivity contribution < 1.29 is 4.79 Å². The van der Waals surface area contributed by atoms with Crippen molar-refractivity contribution >= 4 is 29.0 Å². The van der Waals surface area contributed by atoms with Crippen LogP contribution in [0.3, 0.4) is 0 Å². The molecule has 1 aliphatic heterocycles. The molecule has 0 saturated heterocycles. The van der Waals surface area contributed by atoms with E-state index >= 15 is 0 Å². The Hall–Kier alpha value is -1.16. The van der Waals surface area contributed by atoms with Crippen LogP contribution in [0.2, 0.25) is 0 Å². The van der Waals surface area contributed by atoms with Crippen molar-refractivity contribution in [2.75, 3.05) is 22.9 Å². The Labute approximate surface area is 112 Å². The largest absolute Gasteiger partial charge is 0.399 e. The van der Waals surface area contributed by atoms with Gasteiger partial charge >= 0.3 is 0 Å². The highest BCUT2D eigenvalue weighted by Crippen LogP contribution is 2.41. The Balaban J connectivity index is 1.90. The van der Waals surface area contributed by atoms with Gasteiger partial charge in [0.15, 0.2) is 0 Å². The summed E-state index contributed by atoms with van der Waals surface area (Å²) in [6.45, 7) is 2.87. The molecule has 1 amide bonds. The molecule has 3 rings (SSSR count). The molecule has 0 spiro atoms. The molecular weight excluding hydrogens is 244 g/mol. The number of hydrogen-bond donors (Lipinski definition) is 1. The number of nitrogens with zero attached hydrogens (tertiary/aromatic N) is 1. The van der Waals surface area contributed by atoms with Crippen LogP contribution >= 0.6 is 11.8 Å². The minimum absolute atomic E-state index is 0.155. The van der Waals surface area contributed by atoms with E-state index in [1.54, 1.807) is 11.8 Å². The number of anilines is 2. The summed E-state index contributed by atoms with van der Waals surface area (Å²) < 4.78 is 0. The molecule has 3 nitrogen and oxygen atoms in total. The van der Waals surface area contributed by atoms with Crippen LogP contribution in [0.25, 0.3) is 0 Å². The molecule has 18 heavy (non-hydrogen) atoms. The zero-order chi connectivity index (χ0) is 12.7. The fraction of sp³-hybridized carbons (Fsp3) is 0.500. The normalized spacial score (nSPS) is 20.4. The van der Waals surface area contributed by atoms with Gasteiger partial charge in [0, 0.05) is 28.8 Å². The Morgan fingerprint density at radius 2 is 2.28 bits per heavy atom. The molecule has 0 aromatic heterocycles. The lowest BCUT2D eigenvalue weighted by molar-refractivity contribution is -0.122. The number of thioether (sulfide) groups is 1. The van der Waals surface area contributed by atoms with E-state index in [4.69, 9.17) is 5.73 Å². The molecule has 1 aliphatic carbocycles. The molecular formula is C14H18N2OS. The van der Waals surface area contributed by atoms with Crippen LogP contribution < -0.4 is 10.6 Å². The van der Waals surface area contributed by atoms with E-state index in [9.17, 15) is 4.79 Å². The maximum Gasteiger partial charge on any atom is 0.230 e. The second-order valence-corrected chi connectivity index (χ2v) is 6.33. The second kappa shape index (κ2) is 4.50. The van der Waals surface area contributed by atoms with Crippen LogP contribution in [-0.2, 0) is 4.79 Å². The summed E-state index contributed by atoms with van der Waals surface area (Å²) in [6.07, 6.45) is 2.42. The molecule has 1 atom stereocenters. The Bertz CT molecular complexity index is 485. The number of nitrogen functional groups attached to an aromatic ring is 1. The number of hydrogen-bond acceptors (Lipinski definition) is 3. The molecule has 0 bridgehead atoms. The predicted octanol–water partition coefficient (Wildman–Crippen LogP) is 2.75. The van der Waals surface area contributed by atoms with Gasteiger partial charge in [0.25, 0.3) is 0 Å². The Morgan fingerprint density at radius 3 is 3.00 bits per heavy atom. The van der Waals surface area contributed by atoms with Crippen molar-refractivity contribution in [3.63, 3.8) is 0 Å². The van der Waals surface area contributed by atoms with E-state index in [1.165, 1.54) is 17.7 Å². The van der Waals surface area contributed by atoms with Gasteiger partial charge in [0.1, 0.15) is 0 Å². The monoisotopic (exact) mass is 262 g/mol. The highest BCUT2D eigenvalue weighted by Gasteiger charge is 2.36. The van der Waals surface area contributed by atoms with Gasteiger partial charge in [-0.05, 0) is 37.0 Å². The van der Waals surface area contributed by atoms with Crippen LogP contribution in [0.15, 0.2) is 23.1 Å². The zero-order valence-electron chi connectivity index (χ0n) is 10.6. The van der Waals surface area contributed by atoms with E-state index in [0.29, 0.717) is 5.92 Å². The third kappa shape index (κ3) is 2.09. The maximum atomic E-state index is 12.5. The Kier molecular flexibility index (Phi) is 2.98. The van der Waals surface area contributed by atoms with Gasteiger partial charge in [-0.25, -0.2) is 0 Å². The Morgan fingerprint density at radius 1 is 1.50 bits per heavy atom. The fourth-order valence-corrected chi connectivity index (χ4v) is 3.48. The third-order valence-corrected chi connectivity index (χ3v) is 4.87. The van der Waals surface area contributed by atoms with Crippen molar-refractivity contribution in [2.45, 2.75) is 24.7 Å². The van der Waals surface area contributed by atoms with E-state index < -0.39 is 0 Å². The van der Waals surface area contributed by atoms with Gasteiger partial charge in [-0.2, -0.15) is 0 Å². The van der Waals surface area contributed by atoms with Crippen molar-refractivity contribution in [1.29, 1.82) is 0 Å². The molecule has 1 unspecified atom stereocenters. The van der Waals surface area contributed by atoms with E-state index in [0.717, 1.165) is 23.7 Å². The first-order chi connectivity index (χ1) is 8.66. The van der Waals surface area contributed by atoms with E-state index in [2.05, 4.69) is 6.92 Å². The first-order valence-electron chi connectivity index (χ1n) is 6.50. The zero-order valence-corrected chi connectivity index (χ0v) is 11.4. The number of amides is 1. The topological polar surface area (TPSA) is 46.3 Å². The average Bonchev–Trinajstić information content (AvgIpc) is 3.20. The smallest absolute Gasteiger partial charge is 0.230 e. The lowest BCUT2D eigenvalue weighted by Gasteiger charge is -2.31. The number of rotatable bonds is 2. The molecule has 1 aromatic carbocycles. The lowest BCUT2D eigenvalue weighted by atomic mass is 10.0. The number of fused-ring (bicyclic) bond motifs is 1. The fourth-order valence-electron chi connectivity index (χ4n) is 2.51. The highest BCUT2D eigenvalue weighted by molar-refractivity contribution is 7.99. The molecule has 1 saturated carbocycles. The number of carbonyl (C=O) groups excluding carboxylic acids is 1. The molecule has 96 valence electrons. The van der Waals surface area contributed by atoms with E-state index in [-0.39, 0.29) is 11.8 Å². The van der Waals surface area contributed by atoms with Crippen LogP contribution in [-0.4, -0.2) is 18.2 Å². The molecule has 2 N–H and O–H groups in total. The van der Waals surface area contributed by atoms with E-state index in [1.807, 2.05) is 23.1 Å². The predicted molar refractivity (Wildman–Crippen MR) is 75.8 cm³/mol. The summed E-state index contributed by atoms with van der Waals surface area (Å²) >= 11 is 1.80. The van der Waals surface area contributed by atoms with Crippen LogP contribution in [0.5, 0.6) is 0 Å². The lowest BCUT2D eigenvalue weighted by Crippen LogP contribution is -2.39. The summed E-state index contributed by atoms with van der Waals surface area (Å²) in [5.74, 6) is 2.00. The first kappa shape index (κ1) is 11.9. The van der Waals surface area contributed by atoms with Gasteiger partial charge in [-0.15, -0.1) is 11.8 Å². The highest BCUT2D eigenvalue weighted by atomic mass is 32.2. The first-order valence-corrected chi connectivity index (χ1v) is 7.49. The van der Waals surface area contributed by atoms with Gasteiger partial charge in [0.05, 0.1) is 5.69 Å². The van der Waals surface area contributed by atoms with Crippen LogP contribution in [0.4, 0.5) is 11.4 Å². The number of carbonyl (C=O) groups is 1. The van der Waals surface area contributed by atoms with Crippen molar-refractivity contribution in [2.24, 2.45) is 11.8 Å². The third-order valence-electron chi connectivity index (χ3n) is 3.83. The molecule has 1 aromatic rings. The molecule has 0 radical (unpaired) electrons. The van der Waals surface area contributed by atoms with Gasteiger partial charge in [0.2, 0.25) is 5.91 Å². The number of benzene rings is 1. The van der Waals surface area contributed by atoms with Gasteiger partial charge in [-0.1, -0.05) is 6.92 Å². The SMILES string of the molecule is CC(C(=O)N1CCSc2ccc(N)cc21)C1CC1. The maximum absolute atomic E-state index is 12.5. The van der Waals surface area contributed by atoms with Gasteiger partial charge in [-0.3, -0.25) is 4.79 Å². The van der Waals surface area contributed by atoms with Crippen molar-refractivity contribution in [3.05, 3.63) is 18.2 Å². The minimum Gasteiger partial charge on any atom is -0.399 e. The number of nitrogens with two attached hydrogens (primary N) is 1. The molecule has 2 aliphatic rings. The molecule has 1 heterocycles. The molecule has 1 fully saturated rings. The summed E-state index contributed by atoms with van der Waals surface area (Å²) in [6, 6.07) is 5.86. The summed E-state index contributed by atoms with van der Waals surface area (Å²) in [5, 5.41) is 0. The van der Waals surface area contributed by atoms with Crippen LogP contribution in [0.1, 0.15) is 19.8 Å². The van der Waals surface area contributed by atoms with Gasteiger partial charge < -0.3 is 10.6 Å².